The number of hydrogen-bond acceptors (Lipinski definition) is 8. The van der Waals surface area contributed by atoms with Crippen molar-refractivity contribution in [3.05, 3.63) is 95.1 Å². The first kappa shape index (κ1) is 36.2. The summed E-state index contributed by atoms with van der Waals surface area (Å²) >= 11 is 0. The topological polar surface area (TPSA) is 157 Å². The number of nitrogens with one attached hydrogen (secondary N) is 2. The van der Waals surface area contributed by atoms with E-state index in [1.54, 1.807) is 26.8 Å². The number of ether oxygens (including phenoxy) is 2. The summed E-state index contributed by atoms with van der Waals surface area (Å²) in [5.74, 6) is -1.50. The second-order valence-electron chi connectivity index (χ2n) is 13.0. The molecule has 1 aromatic heterocycles. The number of anilines is 1. The Hall–Kier alpha value is -4.62. The number of aromatic nitrogens is 2. The number of carbonyl (C=O) groups is 2. The highest BCUT2D eigenvalue weighted by atomic mass is 32.3. The van der Waals surface area contributed by atoms with Crippen molar-refractivity contribution < 1.29 is 32.6 Å². The van der Waals surface area contributed by atoms with Crippen molar-refractivity contribution in [1.82, 2.24) is 15.3 Å². The molecule has 0 aliphatic rings. The molecule has 0 bridgehead atoms. The van der Waals surface area contributed by atoms with Gasteiger partial charge in [0, 0.05) is 11.6 Å². The van der Waals surface area contributed by atoms with Gasteiger partial charge in [-0.1, -0.05) is 36.4 Å². The van der Waals surface area contributed by atoms with Crippen LogP contribution in [0.1, 0.15) is 53.9 Å². The van der Waals surface area contributed by atoms with E-state index in [0.717, 1.165) is 28.3 Å². The van der Waals surface area contributed by atoms with E-state index in [9.17, 15) is 23.1 Å². The highest BCUT2D eigenvalue weighted by molar-refractivity contribution is 8.32. The first-order valence-electron chi connectivity index (χ1n) is 15.1. The zero-order valence-corrected chi connectivity index (χ0v) is 30.0. The highest BCUT2D eigenvalue weighted by Crippen LogP contribution is 2.45. The van der Waals surface area contributed by atoms with Gasteiger partial charge in [-0.2, -0.15) is 4.98 Å². The molecule has 3 aromatic carbocycles. The monoisotopic (exact) mass is 694 g/mol. The van der Waals surface area contributed by atoms with Crippen molar-refractivity contribution in [3.8, 4) is 17.1 Å². The average Bonchev–Trinajstić information content (AvgIpc) is 2.98. The molecule has 0 aliphatic heterocycles. The Morgan fingerprint density at radius 1 is 0.875 bits per heavy atom. The molecule has 0 aliphatic carbocycles. The fraction of sp³-hybridized carbons (Fsp3) is 0.314. The molecule has 0 fully saturated rings. The summed E-state index contributed by atoms with van der Waals surface area (Å²) in [4.78, 5) is 34.0. The second kappa shape index (κ2) is 14.2. The molecule has 1 unspecified atom stereocenters. The molecule has 11 nitrogen and oxygen atoms in total. The van der Waals surface area contributed by atoms with Gasteiger partial charge in [0.15, 0.2) is 0 Å². The van der Waals surface area contributed by atoms with Crippen LogP contribution < -0.4 is 14.8 Å². The summed E-state index contributed by atoms with van der Waals surface area (Å²) in [6.45, 7) is 9.15. The molecule has 48 heavy (non-hydrogen) atoms. The van der Waals surface area contributed by atoms with Gasteiger partial charge in [0.1, 0.15) is 11.7 Å². The number of hydrogen-bond donors (Lipinski definition) is 3. The van der Waals surface area contributed by atoms with Crippen LogP contribution in [0.15, 0.2) is 82.6 Å². The lowest BCUT2D eigenvalue weighted by molar-refractivity contribution is 0.0498. The summed E-state index contributed by atoms with van der Waals surface area (Å²) in [7, 11) is -5.31. The Labute approximate surface area is 283 Å². The summed E-state index contributed by atoms with van der Waals surface area (Å²) in [5.41, 5.74) is 2.81. The molecular formula is C35H42N4O7S2. The molecule has 1 atom stereocenters. The third-order valence-electron chi connectivity index (χ3n) is 7.11. The molecule has 3 N–H and O–H groups in total. The minimum atomic E-state index is -4.31. The summed E-state index contributed by atoms with van der Waals surface area (Å²) < 4.78 is 41.1. The zero-order valence-electron chi connectivity index (χ0n) is 28.3. The number of nitrogens with zero attached hydrogens (tertiary/aromatic N) is 2. The lowest BCUT2D eigenvalue weighted by atomic mass is 10.00. The van der Waals surface area contributed by atoms with Crippen LogP contribution >= 0.6 is 10.0 Å². The first-order valence-corrected chi connectivity index (χ1v) is 19.4. The number of amides is 1. The number of alkyl carbamates (subject to hydrolysis) is 1. The van der Waals surface area contributed by atoms with Crippen LogP contribution in [-0.4, -0.2) is 66.5 Å². The van der Waals surface area contributed by atoms with Gasteiger partial charge in [0.2, 0.25) is 11.8 Å². The first-order chi connectivity index (χ1) is 22.3. The van der Waals surface area contributed by atoms with Crippen LogP contribution in [0.2, 0.25) is 0 Å². The van der Waals surface area contributed by atoms with Crippen molar-refractivity contribution in [2.45, 2.75) is 56.1 Å². The number of sulfonamides is 1. The fourth-order valence-corrected chi connectivity index (χ4v) is 6.75. The van der Waals surface area contributed by atoms with E-state index in [-0.39, 0.29) is 28.8 Å². The molecule has 4 rings (SSSR count). The molecular weight excluding hydrogens is 653 g/mol. The predicted molar refractivity (Wildman–Crippen MR) is 189 cm³/mol. The minimum Gasteiger partial charge on any atom is -0.478 e. The SMILES string of the molecule is Cc1cccc(C)c1-c1cc(OC(CNC(=O)OC(C)(C)C)c2ccc(S(C)(C)C)cc2)nc(NS(=O)(=O)c2cccc(C(=O)O)c2)n1. The standard InChI is InChI=1S/C35H42N4O7S2/c1-22-11-9-12-23(2)31(22)28-20-30(38-33(37-28)39-48(43,44)27-14-10-13-25(19-27)32(40)41)45-29(21-36-34(42)46-35(3,4)5)24-15-17-26(18-16-24)47(6,7)8/h9-20,29H,21H2,1-8H3,(H,36,42)(H,40,41)(H,37,38,39). The summed E-state index contributed by atoms with van der Waals surface area (Å²) in [6.07, 6.45) is 5.20. The van der Waals surface area contributed by atoms with Crippen LogP contribution in [0.3, 0.4) is 0 Å². The van der Waals surface area contributed by atoms with Crippen LogP contribution in [0.4, 0.5) is 10.7 Å². The number of aromatic carboxylic acids is 1. The number of carbonyl (C=O) groups excluding carboxylic acids is 1. The number of rotatable bonds is 11. The van der Waals surface area contributed by atoms with Crippen LogP contribution in [-0.2, 0) is 14.8 Å². The van der Waals surface area contributed by atoms with Crippen molar-refractivity contribution in [3.63, 3.8) is 0 Å². The van der Waals surface area contributed by atoms with E-state index < -0.39 is 43.8 Å². The molecule has 0 saturated heterocycles. The highest BCUT2D eigenvalue weighted by Gasteiger charge is 2.24. The van der Waals surface area contributed by atoms with Crippen LogP contribution in [0.25, 0.3) is 11.3 Å². The fourth-order valence-electron chi connectivity index (χ4n) is 4.81. The Morgan fingerprint density at radius 2 is 1.50 bits per heavy atom. The minimum absolute atomic E-state index is 0.0163. The molecule has 256 valence electrons. The van der Waals surface area contributed by atoms with Gasteiger partial charge in [0.05, 0.1) is 22.7 Å². The lowest BCUT2D eigenvalue weighted by Crippen LogP contribution is -2.36. The Bertz CT molecular complexity index is 1900. The van der Waals surface area contributed by atoms with E-state index in [0.29, 0.717) is 5.69 Å². The largest absolute Gasteiger partial charge is 0.478 e. The quantitative estimate of drug-likeness (QED) is 0.151. The van der Waals surface area contributed by atoms with Crippen molar-refractivity contribution in [2.24, 2.45) is 0 Å². The van der Waals surface area contributed by atoms with E-state index in [1.807, 2.05) is 56.3 Å². The van der Waals surface area contributed by atoms with Gasteiger partial charge in [-0.3, -0.25) is 0 Å². The maximum atomic E-state index is 13.4. The molecule has 13 heteroatoms. The Morgan fingerprint density at radius 3 is 2.08 bits per heavy atom. The van der Waals surface area contributed by atoms with Crippen LogP contribution in [0, 0.1) is 13.8 Å². The maximum Gasteiger partial charge on any atom is 0.407 e. The molecule has 0 radical (unpaired) electrons. The normalized spacial score (nSPS) is 12.9. The van der Waals surface area contributed by atoms with Gasteiger partial charge >= 0.3 is 12.1 Å². The average molecular weight is 695 g/mol. The Balaban J connectivity index is 1.78. The molecule has 0 saturated carbocycles. The number of carboxylic acids is 1. The molecule has 0 spiro atoms. The zero-order chi connectivity index (χ0) is 35.4. The van der Waals surface area contributed by atoms with Crippen LogP contribution in [0.5, 0.6) is 5.88 Å². The number of benzene rings is 3. The second-order valence-corrected chi connectivity index (χ2v) is 18.8. The number of carboxylic acid groups (broad SMARTS) is 1. The third kappa shape index (κ3) is 9.48. The van der Waals surface area contributed by atoms with Gasteiger partial charge in [0.25, 0.3) is 10.0 Å². The van der Waals surface area contributed by atoms with Crippen molar-refractivity contribution in [1.29, 1.82) is 0 Å². The smallest absolute Gasteiger partial charge is 0.407 e. The Kier molecular flexibility index (Phi) is 10.7. The molecule has 4 aromatic rings. The maximum absolute atomic E-state index is 13.4. The van der Waals surface area contributed by atoms with Gasteiger partial charge in [-0.25, -0.2) is 37.7 Å². The number of aryl methyl sites for hydroxylation is 2. The lowest BCUT2D eigenvalue weighted by Gasteiger charge is -2.27. The van der Waals surface area contributed by atoms with E-state index in [4.69, 9.17) is 9.47 Å². The van der Waals surface area contributed by atoms with Gasteiger partial charge in [-0.05, 0) is 105 Å². The van der Waals surface area contributed by atoms with Gasteiger partial charge in [-0.15, -0.1) is 0 Å². The van der Waals surface area contributed by atoms with E-state index >= 15 is 0 Å². The molecule has 1 amide bonds. The van der Waals surface area contributed by atoms with E-state index in [2.05, 4.69) is 38.8 Å². The third-order valence-corrected chi connectivity index (χ3v) is 10.1. The summed E-state index contributed by atoms with van der Waals surface area (Å²) in [6, 6.07) is 20.3. The van der Waals surface area contributed by atoms with Crippen molar-refractivity contribution >= 4 is 38.1 Å². The summed E-state index contributed by atoms with van der Waals surface area (Å²) in [5, 5.41) is 12.2. The molecule has 1 heterocycles. The predicted octanol–water partition coefficient (Wildman–Crippen LogP) is 6.96. The van der Waals surface area contributed by atoms with E-state index in [1.165, 1.54) is 23.1 Å². The van der Waals surface area contributed by atoms with Crippen molar-refractivity contribution in [2.75, 3.05) is 30.0 Å². The van der Waals surface area contributed by atoms with Gasteiger partial charge < -0.3 is 19.9 Å².